The Morgan fingerprint density at radius 3 is 2.83 bits per heavy atom. The number of amides is 1. The van der Waals surface area contributed by atoms with Crippen LogP contribution < -0.4 is 5.32 Å². The summed E-state index contributed by atoms with van der Waals surface area (Å²) in [5, 5.41) is 3.81. The van der Waals surface area contributed by atoms with Crippen LogP contribution in [0.1, 0.15) is 29.7 Å². The number of hydrogen-bond donors (Lipinski definition) is 1. The molecule has 0 unspecified atom stereocenters. The summed E-state index contributed by atoms with van der Waals surface area (Å²) in [6, 6.07) is 10.4. The van der Waals surface area contributed by atoms with Gasteiger partial charge in [0.15, 0.2) is 5.13 Å². The summed E-state index contributed by atoms with van der Waals surface area (Å²) in [6.45, 7) is 0. The van der Waals surface area contributed by atoms with Gasteiger partial charge in [0.2, 0.25) is 5.91 Å². The lowest BCUT2D eigenvalue weighted by molar-refractivity contribution is -0.120. The quantitative estimate of drug-likeness (QED) is 0.847. The van der Waals surface area contributed by atoms with Gasteiger partial charge in [-0.3, -0.25) is 4.79 Å². The second kappa shape index (κ2) is 5.28. The lowest BCUT2D eigenvalue weighted by atomic mass is 9.88. The molecule has 24 heavy (non-hydrogen) atoms. The van der Waals surface area contributed by atoms with E-state index in [1.54, 1.807) is 11.3 Å². The monoisotopic (exact) mass is 336 g/mol. The number of nitrogens with one attached hydrogen (secondary N) is 1. The third-order valence-corrected chi connectivity index (χ3v) is 6.98. The standard InChI is InChI=1S/C20H20N2OS/c23-18(16-11-14-6-7-17(16)20(14)8-9-20)22-19-21-12-15(24-19)10-13-4-2-1-3-5-13/h1-7,12,14,16-17H,8-11H2,(H,21,22,23)/t14-,16-,17-/m1/s1. The first-order valence-corrected chi connectivity index (χ1v) is 9.54. The SMILES string of the molecule is O=C(Nc1ncc(Cc2ccccc2)s1)[C@@H]1C[C@H]2C=C[C@H]1C21CC1. The molecule has 3 atom stereocenters. The van der Waals surface area contributed by atoms with E-state index in [9.17, 15) is 4.79 Å². The van der Waals surface area contributed by atoms with E-state index in [4.69, 9.17) is 0 Å². The fourth-order valence-electron chi connectivity index (χ4n) is 4.71. The van der Waals surface area contributed by atoms with Gasteiger partial charge in [-0.2, -0.15) is 0 Å². The highest BCUT2D eigenvalue weighted by atomic mass is 32.1. The molecule has 1 spiro atoms. The summed E-state index contributed by atoms with van der Waals surface area (Å²) in [4.78, 5) is 18.3. The Bertz CT molecular complexity index is 806. The van der Waals surface area contributed by atoms with Gasteiger partial charge in [-0.15, -0.1) is 11.3 Å². The Morgan fingerprint density at radius 2 is 2.08 bits per heavy atom. The zero-order valence-corrected chi connectivity index (χ0v) is 14.3. The molecule has 2 aromatic rings. The largest absolute Gasteiger partial charge is 0.302 e. The number of thiazole rings is 1. The number of rotatable bonds is 4. The van der Waals surface area contributed by atoms with E-state index in [1.165, 1.54) is 23.3 Å². The predicted octanol–water partition coefficient (Wildman–Crippen LogP) is 4.27. The van der Waals surface area contributed by atoms with E-state index in [0.29, 0.717) is 17.3 Å². The average Bonchev–Trinajstić information content (AvgIpc) is 3.06. The number of carbonyl (C=O) groups is 1. The van der Waals surface area contributed by atoms with E-state index in [2.05, 4.69) is 46.7 Å². The van der Waals surface area contributed by atoms with E-state index in [0.717, 1.165) is 18.0 Å². The van der Waals surface area contributed by atoms with Gasteiger partial charge in [0.1, 0.15) is 0 Å². The second-order valence-electron chi connectivity index (χ2n) is 7.38. The zero-order valence-electron chi connectivity index (χ0n) is 13.4. The summed E-state index contributed by atoms with van der Waals surface area (Å²) in [5.74, 6) is 1.41. The zero-order chi connectivity index (χ0) is 16.1. The minimum absolute atomic E-state index is 0.143. The molecule has 1 N–H and O–H groups in total. The highest BCUT2D eigenvalue weighted by Crippen LogP contribution is 2.70. The van der Waals surface area contributed by atoms with Crippen molar-refractivity contribution in [3.8, 4) is 0 Å². The summed E-state index contributed by atoms with van der Waals surface area (Å²) >= 11 is 1.59. The molecule has 2 bridgehead atoms. The van der Waals surface area contributed by atoms with Crippen molar-refractivity contribution in [2.24, 2.45) is 23.2 Å². The molecule has 3 nitrogen and oxygen atoms in total. The van der Waals surface area contributed by atoms with Gasteiger partial charge in [-0.05, 0) is 42.1 Å². The van der Waals surface area contributed by atoms with Gasteiger partial charge < -0.3 is 5.32 Å². The van der Waals surface area contributed by atoms with Crippen molar-refractivity contribution in [1.82, 2.24) is 4.98 Å². The van der Waals surface area contributed by atoms with Crippen molar-refractivity contribution in [3.63, 3.8) is 0 Å². The lowest BCUT2D eigenvalue weighted by Gasteiger charge is -2.18. The van der Waals surface area contributed by atoms with Crippen LogP contribution in [0, 0.1) is 23.2 Å². The van der Waals surface area contributed by atoms with Crippen molar-refractivity contribution in [3.05, 3.63) is 59.1 Å². The first-order chi connectivity index (χ1) is 11.7. The predicted molar refractivity (Wildman–Crippen MR) is 95.9 cm³/mol. The van der Waals surface area contributed by atoms with Crippen LogP contribution in [0.15, 0.2) is 48.7 Å². The molecule has 5 rings (SSSR count). The van der Waals surface area contributed by atoms with Gasteiger partial charge in [-0.25, -0.2) is 4.98 Å². The Morgan fingerprint density at radius 1 is 1.25 bits per heavy atom. The Hall–Kier alpha value is -1.94. The Labute approximate surface area is 145 Å². The molecule has 1 amide bonds. The molecule has 0 radical (unpaired) electrons. The Balaban J connectivity index is 1.26. The molecule has 122 valence electrons. The van der Waals surface area contributed by atoms with Gasteiger partial charge in [0.05, 0.1) is 0 Å². The van der Waals surface area contributed by atoms with Crippen molar-refractivity contribution < 1.29 is 4.79 Å². The molecule has 2 saturated carbocycles. The molecule has 0 aliphatic heterocycles. The second-order valence-corrected chi connectivity index (χ2v) is 8.49. The van der Waals surface area contributed by atoms with E-state index in [1.807, 2.05) is 12.3 Å². The number of nitrogens with zero attached hydrogens (tertiary/aromatic N) is 1. The fourth-order valence-corrected chi connectivity index (χ4v) is 5.56. The summed E-state index contributed by atoms with van der Waals surface area (Å²) in [5.41, 5.74) is 1.73. The van der Waals surface area contributed by atoms with Gasteiger partial charge in [-0.1, -0.05) is 42.5 Å². The number of allylic oxidation sites excluding steroid dienone is 2. The first-order valence-electron chi connectivity index (χ1n) is 8.72. The van der Waals surface area contributed by atoms with Crippen LogP contribution in [0.4, 0.5) is 5.13 Å². The normalized spacial score (nSPS) is 28.4. The topological polar surface area (TPSA) is 42.0 Å². The van der Waals surface area contributed by atoms with Crippen LogP contribution in [0.5, 0.6) is 0 Å². The highest BCUT2D eigenvalue weighted by Gasteiger charge is 2.64. The van der Waals surface area contributed by atoms with Crippen molar-refractivity contribution in [2.45, 2.75) is 25.7 Å². The third-order valence-electron chi connectivity index (χ3n) is 6.06. The molecule has 1 aromatic heterocycles. The molecule has 1 heterocycles. The molecule has 1 aromatic carbocycles. The van der Waals surface area contributed by atoms with Crippen LogP contribution in [-0.2, 0) is 11.2 Å². The summed E-state index contributed by atoms with van der Waals surface area (Å²) in [7, 11) is 0. The van der Waals surface area contributed by atoms with Crippen molar-refractivity contribution >= 4 is 22.4 Å². The van der Waals surface area contributed by atoms with Gasteiger partial charge in [0.25, 0.3) is 0 Å². The third kappa shape index (κ3) is 2.24. The highest BCUT2D eigenvalue weighted by molar-refractivity contribution is 7.15. The molecule has 2 fully saturated rings. The maximum Gasteiger partial charge on any atom is 0.229 e. The minimum Gasteiger partial charge on any atom is -0.302 e. The number of anilines is 1. The Kier molecular flexibility index (Phi) is 3.17. The van der Waals surface area contributed by atoms with Crippen LogP contribution >= 0.6 is 11.3 Å². The maximum atomic E-state index is 12.7. The van der Waals surface area contributed by atoms with E-state index < -0.39 is 0 Å². The number of aromatic nitrogens is 1. The molecular formula is C20H20N2OS. The van der Waals surface area contributed by atoms with Crippen molar-refractivity contribution in [2.75, 3.05) is 5.32 Å². The molecule has 4 heteroatoms. The van der Waals surface area contributed by atoms with Crippen LogP contribution in [0.25, 0.3) is 0 Å². The lowest BCUT2D eigenvalue weighted by Crippen LogP contribution is -2.27. The van der Waals surface area contributed by atoms with Crippen LogP contribution in [-0.4, -0.2) is 10.9 Å². The van der Waals surface area contributed by atoms with Gasteiger partial charge >= 0.3 is 0 Å². The van der Waals surface area contributed by atoms with E-state index in [-0.39, 0.29) is 11.8 Å². The summed E-state index contributed by atoms with van der Waals surface area (Å²) in [6.07, 6.45) is 11.0. The maximum absolute atomic E-state index is 12.7. The fraction of sp³-hybridized carbons (Fsp3) is 0.400. The first kappa shape index (κ1) is 14.4. The smallest absolute Gasteiger partial charge is 0.229 e. The number of hydrogen-bond acceptors (Lipinski definition) is 3. The molecular weight excluding hydrogens is 316 g/mol. The summed E-state index contributed by atoms with van der Waals surface area (Å²) < 4.78 is 0. The average molecular weight is 336 g/mol. The number of benzene rings is 1. The van der Waals surface area contributed by atoms with Crippen molar-refractivity contribution in [1.29, 1.82) is 0 Å². The molecule has 0 saturated heterocycles. The van der Waals surface area contributed by atoms with Gasteiger partial charge in [0, 0.05) is 23.4 Å². The van der Waals surface area contributed by atoms with Crippen LogP contribution in [0.3, 0.4) is 0 Å². The number of carbonyl (C=O) groups excluding carboxylic acids is 1. The minimum atomic E-state index is 0.143. The molecule has 3 aliphatic rings. The van der Waals surface area contributed by atoms with E-state index >= 15 is 0 Å². The van der Waals surface area contributed by atoms with Crippen LogP contribution in [0.2, 0.25) is 0 Å². The molecule has 3 aliphatic carbocycles.